The topological polar surface area (TPSA) is 101 Å². The Morgan fingerprint density at radius 3 is 2.52 bits per heavy atom. The first-order valence-electron chi connectivity index (χ1n) is 6.93. The number of aromatic nitrogens is 2. The number of carbonyl (C=O) groups excluding carboxylic acids is 1. The van der Waals surface area contributed by atoms with Crippen LogP contribution in [0, 0.1) is 13.8 Å². The van der Waals surface area contributed by atoms with Crippen LogP contribution in [0.1, 0.15) is 27.3 Å². The number of amides is 1. The number of pyridine rings is 2. The van der Waals surface area contributed by atoms with E-state index in [2.05, 4.69) is 20.6 Å². The molecule has 2 aromatic heterocycles. The Bertz CT molecular complexity index is 810. The van der Waals surface area contributed by atoms with E-state index in [1.54, 1.807) is 32.3 Å². The van der Waals surface area contributed by atoms with Gasteiger partial charge >= 0.3 is 0 Å². The monoisotopic (exact) mass is 334 g/mol. The molecule has 0 spiro atoms. The van der Waals surface area contributed by atoms with E-state index in [-0.39, 0.29) is 11.4 Å². The number of thiol groups is 1. The highest BCUT2D eigenvalue weighted by atomic mass is 32.2. The fourth-order valence-electron chi connectivity index (χ4n) is 2.14. The zero-order valence-electron chi connectivity index (χ0n) is 13.1. The molecule has 1 amide bonds. The Balaban J connectivity index is 2.36. The molecule has 0 aliphatic rings. The van der Waals surface area contributed by atoms with Crippen LogP contribution in [0.2, 0.25) is 0 Å². The Labute approximate surface area is 136 Å². The van der Waals surface area contributed by atoms with Crippen molar-refractivity contribution in [2.75, 3.05) is 17.7 Å². The van der Waals surface area contributed by atoms with Gasteiger partial charge < -0.3 is 10.6 Å². The van der Waals surface area contributed by atoms with E-state index in [4.69, 9.17) is 0 Å². The van der Waals surface area contributed by atoms with E-state index in [1.165, 1.54) is 6.20 Å². The van der Waals surface area contributed by atoms with Crippen LogP contribution in [0.5, 0.6) is 0 Å². The van der Waals surface area contributed by atoms with Gasteiger partial charge in [0.1, 0.15) is 16.4 Å². The van der Waals surface area contributed by atoms with Crippen LogP contribution in [0.3, 0.4) is 0 Å². The van der Waals surface area contributed by atoms with Gasteiger partial charge in [-0.2, -0.15) is 0 Å². The van der Waals surface area contributed by atoms with Crippen LogP contribution >= 0.6 is 0 Å². The Morgan fingerprint density at radius 2 is 1.87 bits per heavy atom. The van der Waals surface area contributed by atoms with E-state index >= 15 is 0 Å². The van der Waals surface area contributed by atoms with Crippen LogP contribution in [0.25, 0.3) is 0 Å². The lowest BCUT2D eigenvalue weighted by atomic mass is 10.1. The molecule has 0 saturated heterocycles. The average Bonchev–Trinajstić information content (AvgIpc) is 2.46. The molecule has 8 heteroatoms. The zero-order valence-corrected chi connectivity index (χ0v) is 14.0. The lowest BCUT2D eigenvalue weighted by Crippen LogP contribution is -2.17. The number of anilines is 2. The molecule has 0 fully saturated rings. The van der Waals surface area contributed by atoms with Crippen molar-refractivity contribution in [3.63, 3.8) is 0 Å². The molecule has 0 atom stereocenters. The predicted octanol–water partition coefficient (Wildman–Crippen LogP) is 1.50. The van der Waals surface area contributed by atoms with Gasteiger partial charge in [0.05, 0.1) is 23.3 Å². The second-order valence-electron chi connectivity index (χ2n) is 5.09. The van der Waals surface area contributed by atoms with E-state index in [9.17, 15) is 13.2 Å². The summed E-state index contributed by atoms with van der Waals surface area (Å²) in [6.07, 6.45) is 3.15. The van der Waals surface area contributed by atoms with Gasteiger partial charge in [-0.25, -0.2) is 8.42 Å². The van der Waals surface area contributed by atoms with Crippen molar-refractivity contribution in [2.24, 2.45) is 0 Å². The van der Waals surface area contributed by atoms with Gasteiger partial charge in [0.2, 0.25) is 0 Å². The maximum absolute atomic E-state index is 12.5. The molecule has 0 saturated carbocycles. The molecule has 23 heavy (non-hydrogen) atoms. The van der Waals surface area contributed by atoms with E-state index < -0.39 is 16.6 Å². The predicted molar refractivity (Wildman–Crippen MR) is 89.5 cm³/mol. The summed E-state index contributed by atoms with van der Waals surface area (Å²) >= 11 is 0. The van der Waals surface area contributed by atoms with Crippen molar-refractivity contribution >= 4 is 28.0 Å². The van der Waals surface area contributed by atoms with Gasteiger partial charge in [0.15, 0.2) is 0 Å². The molecule has 0 unspecified atom stereocenters. The first-order valence-corrected chi connectivity index (χ1v) is 8.30. The summed E-state index contributed by atoms with van der Waals surface area (Å²) in [5.41, 5.74) is 3.25. The third-order valence-electron chi connectivity index (χ3n) is 3.18. The van der Waals surface area contributed by atoms with Crippen molar-refractivity contribution in [3.05, 3.63) is 47.0 Å². The lowest BCUT2D eigenvalue weighted by Gasteiger charge is -2.12. The van der Waals surface area contributed by atoms with E-state index in [0.717, 1.165) is 11.3 Å². The molecule has 2 rings (SSSR count). The van der Waals surface area contributed by atoms with Crippen molar-refractivity contribution in [2.45, 2.75) is 19.6 Å². The largest absolute Gasteiger partial charge is 0.385 e. The fourth-order valence-corrected chi connectivity index (χ4v) is 2.66. The summed E-state index contributed by atoms with van der Waals surface area (Å²) in [6, 6.07) is 3.38. The Hall–Kier alpha value is -2.48. The van der Waals surface area contributed by atoms with Crippen LogP contribution < -0.4 is 10.6 Å². The highest BCUT2D eigenvalue weighted by molar-refractivity contribution is 7.71. The highest BCUT2D eigenvalue weighted by Gasteiger charge is 2.16. The summed E-state index contributed by atoms with van der Waals surface area (Å²) in [6.45, 7) is 3.61. The quantitative estimate of drug-likeness (QED) is 0.716. The van der Waals surface area contributed by atoms with E-state index in [0.29, 0.717) is 16.9 Å². The van der Waals surface area contributed by atoms with Gasteiger partial charge in [-0.05, 0) is 31.0 Å². The SMILES string of the molecule is CNc1cnc(C)cc1NC(=O)c1ncc(C)cc1C[SH](=O)=O. The molecule has 0 aliphatic heterocycles. The van der Waals surface area contributed by atoms with Crippen molar-refractivity contribution < 1.29 is 13.2 Å². The molecule has 2 N–H and O–H groups in total. The minimum absolute atomic E-state index is 0.103. The minimum Gasteiger partial charge on any atom is -0.385 e. The van der Waals surface area contributed by atoms with Gasteiger partial charge in [-0.3, -0.25) is 14.8 Å². The number of aryl methyl sites for hydroxylation is 2. The van der Waals surface area contributed by atoms with Crippen LogP contribution in [-0.4, -0.2) is 31.3 Å². The molecule has 122 valence electrons. The molecule has 2 aromatic rings. The summed E-state index contributed by atoms with van der Waals surface area (Å²) in [5.74, 6) is -0.681. The molecular formula is C15H18N4O3S. The van der Waals surface area contributed by atoms with Crippen molar-refractivity contribution in [1.29, 1.82) is 0 Å². The molecule has 7 nitrogen and oxygen atoms in total. The molecular weight excluding hydrogens is 316 g/mol. The van der Waals surface area contributed by atoms with E-state index in [1.807, 2.05) is 6.92 Å². The average molecular weight is 334 g/mol. The lowest BCUT2D eigenvalue weighted by molar-refractivity contribution is 0.102. The number of hydrogen-bond donors (Lipinski definition) is 3. The number of carbonyl (C=O) groups is 1. The Morgan fingerprint density at radius 1 is 1.13 bits per heavy atom. The summed E-state index contributed by atoms with van der Waals surface area (Å²) < 4.78 is 22.0. The minimum atomic E-state index is -2.65. The number of hydrogen-bond acceptors (Lipinski definition) is 6. The second kappa shape index (κ2) is 7.19. The summed E-state index contributed by atoms with van der Waals surface area (Å²) in [4.78, 5) is 20.7. The number of rotatable bonds is 5. The fraction of sp³-hybridized carbons (Fsp3) is 0.267. The standard InChI is InChI=1S/C15H18N4O3S/c1-9-4-11(8-23(21)22)14(18-6-9)15(20)19-12-5-10(2)17-7-13(12)16-3/h4-7,16,23H,8H2,1-3H3,(H,17,19,20). The Kier molecular flexibility index (Phi) is 5.28. The molecule has 0 aromatic carbocycles. The third kappa shape index (κ3) is 4.26. The van der Waals surface area contributed by atoms with Crippen molar-refractivity contribution in [3.8, 4) is 0 Å². The summed E-state index contributed by atoms with van der Waals surface area (Å²) in [5, 5.41) is 5.69. The van der Waals surface area contributed by atoms with Crippen LogP contribution in [0.15, 0.2) is 24.5 Å². The molecule has 0 aliphatic carbocycles. The smallest absolute Gasteiger partial charge is 0.274 e. The number of nitrogens with zero attached hydrogens (tertiary/aromatic N) is 2. The zero-order chi connectivity index (χ0) is 17.0. The summed E-state index contributed by atoms with van der Waals surface area (Å²) in [7, 11) is -0.924. The molecule has 2 heterocycles. The van der Waals surface area contributed by atoms with Crippen molar-refractivity contribution in [1.82, 2.24) is 9.97 Å². The normalized spacial score (nSPS) is 10.6. The van der Waals surface area contributed by atoms with Gasteiger partial charge in [-0.15, -0.1) is 0 Å². The van der Waals surface area contributed by atoms with Gasteiger partial charge in [-0.1, -0.05) is 6.07 Å². The maximum Gasteiger partial charge on any atom is 0.274 e. The molecule has 0 radical (unpaired) electrons. The third-order valence-corrected chi connectivity index (χ3v) is 3.77. The van der Waals surface area contributed by atoms with Gasteiger partial charge in [0.25, 0.3) is 5.91 Å². The second-order valence-corrected chi connectivity index (χ2v) is 6.07. The first kappa shape index (κ1) is 16.9. The highest BCUT2D eigenvalue weighted by Crippen LogP contribution is 2.22. The number of nitrogens with one attached hydrogen (secondary N) is 2. The van der Waals surface area contributed by atoms with Crippen LogP contribution in [-0.2, 0) is 16.5 Å². The maximum atomic E-state index is 12.5. The van der Waals surface area contributed by atoms with Gasteiger partial charge in [0, 0.05) is 18.9 Å². The first-order chi connectivity index (χ1) is 10.9. The molecule has 0 bridgehead atoms. The van der Waals surface area contributed by atoms with Crippen LogP contribution in [0.4, 0.5) is 11.4 Å².